The number of phenolic OH excluding ortho intramolecular Hbond substituents is 3. The number of carbonyl (C=O) groups is 2. The molecule has 3 aromatic carbocycles. The number of aromatic nitrogens is 1. The van der Waals surface area contributed by atoms with Crippen LogP contribution in [0.4, 0.5) is 5.13 Å². The van der Waals surface area contributed by atoms with E-state index in [0.29, 0.717) is 35.2 Å². The number of anilines is 1. The van der Waals surface area contributed by atoms with Gasteiger partial charge >= 0.3 is 0 Å². The molecule has 1 atom stereocenters. The fraction of sp³-hybridized carbons (Fsp3) is 0.349. The summed E-state index contributed by atoms with van der Waals surface area (Å²) in [5, 5.41) is 43.6. The van der Waals surface area contributed by atoms with Crippen LogP contribution in [0.5, 0.6) is 23.0 Å². The molecule has 12 heteroatoms. The number of hydrazone groups is 1. The van der Waals surface area contributed by atoms with Crippen LogP contribution in [0.3, 0.4) is 0 Å². The van der Waals surface area contributed by atoms with Gasteiger partial charge in [0.1, 0.15) is 34.2 Å². The Balaban J connectivity index is 1.25. The maximum Gasteiger partial charge on any atom is 0.203 e. The lowest BCUT2D eigenvalue weighted by molar-refractivity contribution is -0.123. The summed E-state index contributed by atoms with van der Waals surface area (Å²) in [6.45, 7) is 17.9. The molecule has 288 valence electrons. The number of rotatable bonds is 9. The first kappa shape index (κ1) is 39.7. The van der Waals surface area contributed by atoms with Gasteiger partial charge < -0.3 is 25.4 Å². The van der Waals surface area contributed by atoms with E-state index in [1.807, 2.05) is 24.3 Å². The highest BCUT2D eigenvalue weighted by Gasteiger charge is 2.56. The number of aromatic hydroxyl groups is 3. The van der Waals surface area contributed by atoms with Crippen molar-refractivity contribution in [2.24, 2.45) is 5.10 Å². The van der Waals surface area contributed by atoms with Crippen molar-refractivity contribution in [2.75, 3.05) is 12.0 Å². The molecule has 0 saturated heterocycles. The van der Waals surface area contributed by atoms with E-state index >= 15 is 0 Å². The molecule has 0 spiro atoms. The lowest BCUT2D eigenvalue weighted by atomic mass is 9.70. The molecule has 1 aliphatic carbocycles. The summed E-state index contributed by atoms with van der Waals surface area (Å²) in [6.07, 6.45) is 4.37. The highest BCUT2D eigenvalue weighted by atomic mass is 79.9. The summed E-state index contributed by atoms with van der Waals surface area (Å²) in [4.78, 5) is 32.7. The second-order valence-electron chi connectivity index (χ2n) is 16.4. The first-order chi connectivity index (χ1) is 25.7. The second-order valence-corrected chi connectivity index (χ2v) is 18.1. The Bertz CT molecular complexity index is 2280. The van der Waals surface area contributed by atoms with Gasteiger partial charge in [-0.05, 0) is 78.8 Å². The molecule has 0 bridgehead atoms. The largest absolute Gasteiger partial charge is 0.507 e. The van der Waals surface area contributed by atoms with Crippen LogP contribution in [0.1, 0.15) is 95.2 Å². The fourth-order valence-corrected chi connectivity index (χ4v) is 7.98. The van der Waals surface area contributed by atoms with Crippen LogP contribution in [0.15, 0.2) is 74.5 Å². The molecule has 2 aliphatic rings. The Morgan fingerprint density at radius 1 is 1.00 bits per heavy atom. The summed E-state index contributed by atoms with van der Waals surface area (Å²) in [5.74, 6) is -1.10. The SMILES string of the molecule is C/C(NCCCc1cc(C(C)(C)C)c(O)c(C(C)(C)C)c1)=C1/C(=O)C=C2Oc3c(-c4csc(N/N=C/c5ccc(Br)cc5)n4)c(O)c(C)c(O)c3C2(C)C1=O. The van der Waals surface area contributed by atoms with Crippen molar-refractivity contribution < 1.29 is 29.6 Å². The smallest absolute Gasteiger partial charge is 0.203 e. The number of thiazole rings is 1. The van der Waals surface area contributed by atoms with E-state index in [1.54, 1.807) is 32.4 Å². The molecule has 10 nitrogen and oxygen atoms in total. The molecule has 1 aliphatic heterocycles. The zero-order chi connectivity index (χ0) is 40.2. The van der Waals surface area contributed by atoms with Gasteiger partial charge in [-0.15, -0.1) is 11.3 Å². The summed E-state index contributed by atoms with van der Waals surface area (Å²) in [6, 6.07) is 11.8. The predicted molar refractivity (Wildman–Crippen MR) is 222 cm³/mol. The minimum Gasteiger partial charge on any atom is -0.507 e. The molecule has 0 fully saturated rings. The Kier molecular flexibility index (Phi) is 10.6. The number of Topliss-reactive ketones (excluding diaryl/α,β-unsaturated/α-hetero) is 1. The molecule has 0 radical (unpaired) electrons. The Labute approximate surface area is 334 Å². The standard InChI is InChI=1S/C43H47BrN4O6S/c1-22-35(50)33(29-21-55-40(47-29)48-46-20-24-12-14-26(44)15-13-24)38-34(36(22)51)43(9)31(54-38)19-30(49)32(39(43)53)23(2)45-16-10-11-25-17-27(41(3,4)5)37(52)28(18-25)42(6,7)8/h12-15,17-21,45,50-52H,10-11,16H2,1-9H3,(H,47,48)/b32-23+,46-20+. The van der Waals surface area contributed by atoms with Crippen LogP contribution in [0.2, 0.25) is 0 Å². The van der Waals surface area contributed by atoms with E-state index in [0.717, 1.165) is 33.1 Å². The van der Waals surface area contributed by atoms with Crippen LogP contribution >= 0.6 is 27.3 Å². The van der Waals surface area contributed by atoms with E-state index in [-0.39, 0.29) is 56.1 Å². The topological polar surface area (TPSA) is 153 Å². The molecule has 0 saturated carbocycles. The van der Waals surface area contributed by atoms with Gasteiger partial charge in [0.25, 0.3) is 0 Å². The fourth-order valence-electron chi connectivity index (χ4n) is 7.06. The zero-order valence-electron chi connectivity index (χ0n) is 32.6. The van der Waals surface area contributed by atoms with Crippen molar-refractivity contribution in [1.82, 2.24) is 10.3 Å². The maximum atomic E-state index is 14.5. The maximum absolute atomic E-state index is 14.5. The molecule has 6 rings (SSSR count). The summed E-state index contributed by atoms with van der Waals surface area (Å²) in [7, 11) is 0. The van der Waals surface area contributed by atoms with Gasteiger partial charge in [0.2, 0.25) is 5.13 Å². The summed E-state index contributed by atoms with van der Waals surface area (Å²) in [5.41, 5.74) is 5.93. The zero-order valence-corrected chi connectivity index (χ0v) is 35.0. The molecule has 5 N–H and O–H groups in total. The van der Waals surface area contributed by atoms with Crippen molar-refractivity contribution in [3.8, 4) is 34.3 Å². The number of carbonyl (C=O) groups excluding carboxylic acids is 2. The van der Waals surface area contributed by atoms with Crippen LogP contribution < -0.4 is 15.5 Å². The van der Waals surface area contributed by atoms with Gasteiger partial charge in [-0.1, -0.05) is 81.7 Å². The number of nitrogens with one attached hydrogen (secondary N) is 2. The second kappa shape index (κ2) is 14.6. The normalized spacial score (nSPS) is 17.9. The number of nitrogens with zero attached hydrogens (tertiary/aromatic N) is 2. The van der Waals surface area contributed by atoms with Gasteiger partial charge in [0.15, 0.2) is 11.6 Å². The number of halogens is 1. The number of hydrogen-bond acceptors (Lipinski definition) is 11. The van der Waals surface area contributed by atoms with Gasteiger partial charge in [0.05, 0.1) is 28.6 Å². The quantitative estimate of drug-likeness (QED) is 0.0366. The number of hydrogen-bond donors (Lipinski definition) is 5. The Hall–Kier alpha value is -4.94. The Morgan fingerprint density at radius 3 is 2.25 bits per heavy atom. The minimum absolute atomic E-state index is 0.0205. The molecule has 4 aromatic rings. The molecule has 2 heterocycles. The number of fused-ring (bicyclic) bond motifs is 3. The van der Waals surface area contributed by atoms with Gasteiger partial charge in [-0.25, -0.2) is 4.98 Å². The lowest BCUT2D eigenvalue weighted by Crippen LogP contribution is -2.41. The van der Waals surface area contributed by atoms with E-state index < -0.39 is 17.0 Å². The number of benzene rings is 3. The van der Waals surface area contributed by atoms with E-state index in [1.165, 1.54) is 17.4 Å². The van der Waals surface area contributed by atoms with E-state index in [2.05, 4.69) is 90.4 Å². The van der Waals surface area contributed by atoms with Crippen LogP contribution in [0, 0.1) is 6.92 Å². The first-order valence-electron chi connectivity index (χ1n) is 18.1. The van der Waals surface area contributed by atoms with Crippen molar-refractivity contribution in [2.45, 2.75) is 91.4 Å². The van der Waals surface area contributed by atoms with E-state index in [4.69, 9.17) is 4.74 Å². The van der Waals surface area contributed by atoms with Gasteiger partial charge in [-0.3, -0.25) is 15.0 Å². The molecule has 1 unspecified atom stereocenters. The average Bonchev–Trinajstić information content (AvgIpc) is 3.68. The highest BCUT2D eigenvalue weighted by molar-refractivity contribution is 9.10. The molecule has 0 amide bonds. The van der Waals surface area contributed by atoms with Crippen molar-refractivity contribution in [3.05, 3.63) is 103 Å². The minimum atomic E-state index is -1.54. The van der Waals surface area contributed by atoms with Gasteiger partial charge in [0, 0.05) is 33.7 Å². The van der Waals surface area contributed by atoms with Crippen molar-refractivity contribution in [3.63, 3.8) is 0 Å². The number of ketones is 2. The van der Waals surface area contributed by atoms with Crippen LogP contribution in [0.25, 0.3) is 11.3 Å². The molecular weight excluding hydrogens is 780 g/mol. The number of allylic oxidation sites excluding steroid dienone is 4. The lowest BCUT2D eigenvalue weighted by Gasteiger charge is -2.29. The highest BCUT2D eigenvalue weighted by Crippen LogP contribution is 2.60. The molecule has 55 heavy (non-hydrogen) atoms. The number of phenols is 3. The third-order valence-electron chi connectivity index (χ3n) is 10.2. The van der Waals surface area contributed by atoms with Gasteiger partial charge in [-0.2, -0.15) is 5.10 Å². The third kappa shape index (κ3) is 7.41. The number of ether oxygens (including phenoxy) is 1. The van der Waals surface area contributed by atoms with E-state index in [9.17, 15) is 24.9 Å². The predicted octanol–water partition coefficient (Wildman–Crippen LogP) is 9.22. The van der Waals surface area contributed by atoms with Crippen LogP contribution in [-0.4, -0.2) is 44.6 Å². The summed E-state index contributed by atoms with van der Waals surface area (Å²) >= 11 is 4.67. The molecule has 1 aromatic heterocycles. The number of aryl methyl sites for hydroxylation is 1. The Morgan fingerprint density at radius 2 is 1.64 bits per heavy atom. The molecular formula is C43H47BrN4O6S. The summed E-state index contributed by atoms with van der Waals surface area (Å²) < 4.78 is 7.17. The van der Waals surface area contributed by atoms with Crippen molar-refractivity contribution in [1.29, 1.82) is 0 Å². The van der Waals surface area contributed by atoms with Crippen LogP contribution in [-0.2, 0) is 32.3 Å². The first-order valence-corrected chi connectivity index (χ1v) is 19.8. The van der Waals surface area contributed by atoms with Crippen molar-refractivity contribution >= 4 is 50.2 Å². The monoisotopic (exact) mass is 826 g/mol. The third-order valence-corrected chi connectivity index (χ3v) is 11.5. The average molecular weight is 828 g/mol.